The lowest BCUT2D eigenvalue weighted by Crippen LogP contribution is -2.30. The molecular formula is C26H31N3O2. The highest BCUT2D eigenvalue weighted by atomic mass is 16.5. The minimum atomic E-state index is 0.0354. The van der Waals surface area contributed by atoms with Crippen LogP contribution in [0.2, 0.25) is 0 Å². The average Bonchev–Trinajstić information content (AvgIpc) is 3.48. The van der Waals surface area contributed by atoms with E-state index in [1.165, 1.54) is 5.69 Å². The van der Waals surface area contributed by atoms with E-state index in [1.54, 1.807) is 6.07 Å². The van der Waals surface area contributed by atoms with Crippen LogP contribution in [0.25, 0.3) is 10.9 Å². The van der Waals surface area contributed by atoms with E-state index >= 15 is 0 Å². The molecule has 3 aromatic rings. The zero-order valence-corrected chi connectivity index (χ0v) is 18.4. The Hall–Kier alpha value is -2.79. The van der Waals surface area contributed by atoms with Gasteiger partial charge in [-0.1, -0.05) is 30.3 Å². The molecule has 5 heteroatoms. The number of hydrogen-bond donors (Lipinski definition) is 1. The molecule has 5 nitrogen and oxygen atoms in total. The summed E-state index contributed by atoms with van der Waals surface area (Å²) >= 11 is 0. The van der Waals surface area contributed by atoms with Gasteiger partial charge < -0.3 is 19.9 Å². The lowest BCUT2D eigenvalue weighted by molar-refractivity contribution is 0.309. The first-order valence-corrected chi connectivity index (χ1v) is 11.4. The van der Waals surface area contributed by atoms with E-state index in [2.05, 4.69) is 30.9 Å². The van der Waals surface area contributed by atoms with Crippen molar-refractivity contribution < 1.29 is 4.74 Å². The second-order valence-corrected chi connectivity index (χ2v) is 9.18. The van der Waals surface area contributed by atoms with Crippen LogP contribution in [0.4, 0.5) is 5.69 Å². The minimum Gasteiger partial charge on any atom is -0.488 e. The van der Waals surface area contributed by atoms with Crippen LogP contribution in [0.1, 0.15) is 43.4 Å². The molecule has 1 saturated heterocycles. The van der Waals surface area contributed by atoms with Crippen LogP contribution < -0.4 is 20.9 Å². The molecule has 0 bridgehead atoms. The number of hydrogen-bond acceptors (Lipinski definition) is 4. The van der Waals surface area contributed by atoms with E-state index in [1.807, 2.05) is 34.9 Å². The third kappa shape index (κ3) is 3.83. The van der Waals surface area contributed by atoms with Gasteiger partial charge >= 0.3 is 0 Å². The van der Waals surface area contributed by atoms with Gasteiger partial charge in [-0.15, -0.1) is 0 Å². The Bertz CT molecular complexity index is 1150. The van der Waals surface area contributed by atoms with Gasteiger partial charge in [-0.25, -0.2) is 0 Å². The van der Waals surface area contributed by atoms with Crippen molar-refractivity contribution in [3.8, 4) is 5.75 Å². The summed E-state index contributed by atoms with van der Waals surface area (Å²) in [6, 6.07) is 16.6. The Morgan fingerprint density at radius 2 is 1.90 bits per heavy atom. The molecule has 1 aliphatic heterocycles. The van der Waals surface area contributed by atoms with Crippen molar-refractivity contribution in [3.63, 3.8) is 0 Å². The summed E-state index contributed by atoms with van der Waals surface area (Å²) in [4.78, 5) is 15.6. The minimum absolute atomic E-state index is 0.0354. The number of pyridine rings is 1. The summed E-state index contributed by atoms with van der Waals surface area (Å²) in [5, 5.41) is 1.02. The summed E-state index contributed by atoms with van der Waals surface area (Å²) in [5.74, 6) is 1.19. The second-order valence-electron chi connectivity index (χ2n) is 9.18. The van der Waals surface area contributed by atoms with E-state index in [4.69, 9.17) is 10.5 Å². The molecule has 2 aliphatic rings. The molecule has 1 unspecified atom stereocenters. The fraction of sp³-hybridized carbons (Fsp3) is 0.423. The third-order valence-electron chi connectivity index (χ3n) is 6.86. The highest BCUT2D eigenvalue weighted by Gasteiger charge is 2.30. The maximum absolute atomic E-state index is 13.1. The molecule has 1 aromatic heterocycles. The van der Waals surface area contributed by atoms with Gasteiger partial charge in [0, 0.05) is 42.3 Å². The topological polar surface area (TPSA) is 60.5 Å². The van der Waals surface area contributed by atoms with Crippen molar-refractivity contribution in [3.05, 3.63) is 70.0 Å². The number of anilines is 1. The lowest BCUT2D eigenvalue weighted by Gasteiger charge is -2.24. The Labute approximate surface area is 183 Å². The van der Waals surface area contributed by atoms with Crippen LogP contribution in [-0.4, -0.2) is 23.7 Å². The highest BCUT2D eigenvalue weighted by molar-refractivity contribution is 5.92. The fourth-order valence-electron chi connectivity index (χ4n) is 4.90. The Morgan fingerprint density at radius 3 is 2.58 bits per heavy atom. The molecule has 2 aromatic carbocycles. The smallest absolute Gasteiger partial charge is 0.255 e. The summed E-state index contributed by atoms with van der Waals surface area (Å²) in [7, 11) is 0. The number of aryl methyl sites for hydroxylation is 1. The van der Waals surface area contributed by atoms with E-state index in [0.717, 1.165) is 54.4 Å². The van der Waals surface area contributed by atoms with Crippen LogP contribution in [-0.2, 0) is 6.61 Å². The van der Waals surface area contributed by atoms with Gasteiger partial charge in [0.15, 0.2) is 0 Å². The fourth-order valence-corrected chi connectivity index (χ4v) is 4.90. The third-order valence-corrected chi connectivity index (χ3v) is 6.86. The number of nitrogens with zero attached hydrogens (tertiary/aromatic N) is 2. The number of nitrogens with two attached hydrogens (primary N) is 1. The van der Waals surface area contributed by atoms with Crippen LogP contribution >= 0.6 is 0 Å². The highest BCUT2D eigenvalue weighted by Crippen LogP contribution is 2.41. The molecule has 0 spiro atoms. The quantitative estimate of drug-likeness (QED) is 0.646. The van der Waals surface area contributed by atoms with Crippen molar-refractivity contribution in [2.45, 2.75) is 51.8 Å². The Balaban J connectivity index is 1.57. The average molecular weight is 418 g/mol. The van der Waals surface area contributed by atoms with Crippen molar-refractivity contribution in [1.29, 1.82) is 0 Å². The first kappa shape index (κ1) is 20.1. The van der Waals surface area contributed by atoms with Crippen molar-refractivity contribution >= 4 is 16.6 Å². The Kier molecular flexibility index (Phi) is 5.22. The van der Waals surface area contributed by atoms with E-state index in [9.17, 15) is 4.79 Å². The monoisotopic (exact) mass is 417 g/mol. The normalized spacial score (nSPS) is 19.7. The molecule has 1 saturated carbocycles. The molecule has 2 fully saturated rings. The SMILES string of the molecule is Cc1c(N2CCC([C@H](C)N)C2)ccc2c(OCc3ccccc3)cc(=O)n(C3CC3)c12. The molecule has 2 atom stereocenters. The van der Waals surface area contributed by atoms with E-state index < -0.39 is 0 Å². The van der Waals surface area contributed by atoms with Crippen molar-refractivity contribution in [1.82, 2.24) is 4.57 Å². The maximum Gasteiger partial charge on any atom is 0.255 e. The molecular weight excluding hydrogens is 386 g/mol. The van der Waals surface area contributed by atoms with Crippen LogP contribution in [0.15, 0.2) is 53.3 Å². The largest absolute Gasteiger partial charge is 0.488 e. The van der Waals surface area contributed by atoms with Crippen LogP contribution in [0.5, 0.6) is 5.75 Å². The second kappa shape index (κ2) is 8.04. The van der Waals surface area contributed by atoms with Crippen molar-refractivity contribution in [2.75, 3.05) is 18.0 Å². The van der Waals surface area contributed by atoms with Gasteiger partial charge in [0.1, 0.15) is 12.4 Å². The van der Waals surface area contributed by atoms with Gasteiger partial charge in [0.05, 0.1) is 5.52 Å². The van der Waals surface area contributed by atoms with Crippen molar-refractivity contribution in [2.24, 2.45) is 11.7 Å². The molecule has 5 rings (SSSR count). The standard InChI is InChI=1S/C26H31N3O2/c1-17-23(28-13-12-20(15-28)18(2)27)11-10-22-24(31-16-19-6-4-3-5-7-19)14-25(30)29(26(17)22)21-8-9-21/h3-7,10-11,14,18,20-21H,8-9,12-13,15-16,27H2,1-2H3/t18-,20?/m0/s1. The maximum atomic E-state index is 13.1. The number of fused-ring (bicyclic) bond motifs is 1. The van der Waals surface area contributed by atoms with Gasteiger partial charge in [-0.05, 0) is 62.3 Å². The number of aromatic nitrogens is 1. The molecule has 31 heavy (non-hydrogen) atoms. The van der Waals surface area contributed by atoms with Gasteiger partial charge in [0.25, 0.3) is 5.56 Å². The lowest BCUT2D eigenvalue weighted by atomic mass is 10.0. The summed E-state index contributed by atoms with van der Waals surface area (Å²) < 4.78 is 8.17. The molecule has 0 radical (unpaired) electrons. The first-order valence-electron chi connectivity index (χ1n) is 11.4. The van der Waals surface area contributed by atoms with E-state index in [0.29, 0.717) is 24.3 Å². The van der Waals surface area contributed by atoms with Gasteiger partial charge in [0.2, 0.25) is 0 Å². The zero-order chi connectivity index (χ0) is 21.5. The summed E-state index contributed by atoms with van der Waals surface area (Å²) in [5.41, 5.74) is 10.7. The van der Waals surface area contributed by atoms with Crippen LogP contribution in [0.3, 0.4) is 0 Å². The molecule has 1 aliphatic carbocycles. The zero-order valence-electron chi connectivity index (χ0n) is 18.4. The number of rotatable bonds is 6. The van der Waals surface area contributed by atoms with Gasteiger partial charge in [-0.2, -0.15) is 0 Å². The summed E-state index contributed by atoms with van der Waals surface area (Å²) in [6.07, 6.45) is 3.25. The molecule has 0 amide bonds. The number of benzene rings is 2. The first-order chi connectivity index (χ1) is 15.0. The Morgan fingerprint density at radius 1 is 1.13 bits per heavy atom. The van der Waals surface area contributed by atoms with E-state index in [-0.39, 0.29) is 11.6 Å². The predicted octanol–water partition coefficient (Wildman–Crippen LogP) is 4.40. The van der Waals surface area contributed by atoms with Crippen LogP contribution in [0, 0.1) is 12.8 Å². The molecule has 2 heterocycles. The predicted molar refractivity (Wildman–Crippen MR) is 126 cm³/mol. The molecule has 162 valence electrons. The number of ether oxygens (including phenoxy) is 1. The van der Waals surface area contributed by atoms with Gasteiger partial charge in [-0.3, -0.25) is 4.79 Å². The molecule has 2 N–H and O–H groups in total. The summed E-state index contributed by atoms with van der Waals surface area (Å²) in [6.45, 7) is 6.68.